The SMILES string of the molecule is CC(C)OCC(O)CSc1ccc(Cl)cn1. The van der Waals surface area contributed by atoms with Crippen LogP contribution in [0, 0.1) is 0 Å². The highest BCUT2D eigenvalue weighted by Crippen LogP contribution is 2.18. The largest absolute Gasteiger partial charge is 0.390 e. The molecule has 1 aromatic heterocycles. The molecule has 1 unspecified atom stereocenters. The smallest absolute Gasteiger partial charge is 0.0961 e. The maximum Gasteiger partial charge on any atom is 0.0961 e. The Kier molecular flexibility index (Phi) is 6.13. The van der Waals surface area contributed by atoms with E-state index in [2.05, 4.69) is 4.98 Å². The topological polar surface area (TPSA) is 42.4 Å². The summed E-state index contributed by atoms with van der Waals surface area (Å²) in [5.41, 5.74) is 0. The van der Waals surface area contributed by atoms with E-state index in [0.717, 1.165) is 5.03 Å². The van der Waals surface area contributed by atoms with Crippen molar-refractivity contribution >= 4 is 23.4 Å². The monoisotopic (exact) mass is 261 g/mol. The molecule has 90 valence electrons. The highest BCUT2D eigenvalue weighted by atomic mass is 35.5. The lowest BCUT2D eigenvalue weighted by atomic mass is 10.4. The van der Waals surface area contributed by atoms with E-state index < -0.39 is 6.10 Å². The van der Waals surface area contributed by atoms with Crippen molar-refractivity contribution in [3.63, 3.8) is 0 Å². The Balaban J connectivity index is 2.26. The highest BCUT2D eigenvalue weighted by Gasteiger charge is 2.07. The van der Waals surface area contributed by atoms with Crippen molar-refractivity contribution in [3.05, 3.63) is 23.4 Å². The van der Waals surface area contributed by atoms with Crippen LogP contribution in [-0.4, -0.2) is 34.7 Å². The molecule has 0 aliphatic carbocycles. The zero-order valence-corrected chi connectivity index (χ0v) is 11.0. The Hall–Kier alpha value is -0.290. The summed E-state index contributed by atoms with van der Waals surface area (Å²) >= 11 is 7.21. The minimum Gasteiger partial charge on any atom is -0.390 e. The van der Waals surface area contributed by atoms with Crippen molar-refractivity contribution in [2.75, 3.05) is 12.4 Å². The van der Waals surface area contributed by atoms with E-state index in [9.17, 15) is 5.11 Å². The Labute approximate surface area is 105 Å². The van der Waals surface area contributed by atoms with Gasteiger partial charge in [0.1, 0.15) is 0 Å². The van der Waals surface area contributed by atoms with Gasteiger partial charge in [0.15, 0.2) is 0 Å². The number of hydrogen-bond donors (Lipinski definition) is 1. The minimum absolute atomic E-state index is 0.147. The van der Waals surface area contributed by atoms with Gasteiger partial charge in [-0.25, -0.2) is 4.98 Å². The van der Waals surface area contributed by atoms with E-state index in [4.69, 9.17) is 16.3 Å². The minimum atomic E-state index is -0.468. The van der Waals surface area contributed by atoms with Crippen molar-refractivity contribution in [2.45, 2.75) is 31.1 Å². The van der Waals surface area contributed by atoms with Crippen LogP contribution < -0.4 is 0 Å². The van der Waals surface area contributed by atoms with Crippen LogP contribution in [0.2, 0.25) is 5.02 Å². The van der Waals surface area contributed by atoms with Crippen LogP contribution in [-0.2, 0) is 4.74 Å². The van der Waals surface area contributed by atoms with Gasteiger partial charge in [0.05, 0.1) is 28.9 Å². The number of ether oxygens (including phenoxy) is 1. The van der Waals surface area contributed by atoms with Crippen molar-refractivity contribution in [1.82, 2.24) is 4.98 Å². The summed E-state index contributed by atoms with van der Waals surface area (Å²) < 4.78 is 5.31. The van der Waals surface area contributed by atoms with Crippen molar-refractivity contribution in [1.29, 1.82) is 0 Å². The van der Waals surface area contributed by atoms with Gasteiger partial charge in [-0.1, -0.05) is 11.6 Å². The van der Waals surface area contributed by atoms with Gasteiger partial charge in [0.2, 0.25) is 0 Å². The summed E-state index contributed by atoms with van der Waals surface area (Å²) in [5, 5.41) is 11.1. The standard InChI is InChI=1S/C11H16ClNO2S/c1-8(2)15-6-10(14)7-16-11-4-3-9(12)5-13-11/h3-5,8,10,14H,6-7H2,1-2H3. The van der Waals surface area contributed by atoms with Gasteiger partial charge in [-0.15, -0.1) is 11.8 Å². The van der Waals surface area contributed by atoms with E-state index in [1.165, 1.54) is 11.8 Å². The molecule has 3 nitrogen and oxygen atoms in total. The molecule has 0 aliphatic rings. The summed E-state index contributed by atoms with van der Waals surface area (Å²) in [6, 6.07) is 3.62. The van der Waals surface area contributed by atoms with Gasteiger partial charge in [-0.3, -0.25) is 0 Å². The van der Waals surface area contributed by atoms with Crippen LogP contribution in [0.4, 0.5) is 0 Å². The molecule has 1 rings (SSSR count). The molecule has 5 heteroatoms. The van der Waals surface area contributed by atoms with Crippen molar-refractivity contribution < 1.29 is 9.84 Å². The first-order valence-electron chi connectivity index (χ1n) is 5.12. The molecular formula is C11H16ClNO2S. The first-order chi connectivity index (χ1) is 7.58. The summed E-state index contributed by atoms with van der Waals surface area (Å²) in [6.07, 6.45) is 1.28. The fourth-order valence-corrected chi connectivity index (χ4v) is 1.84. The number of aliphatic hydroxyl groups is 1. The molecule has 1 N–H and O–H groups in total. The predicted octanol–water partition coefficient (Wildman–Crippen LogP) is 2.61. The fourth-order valence-electron chi connectivity index (χ4n) is 0.981. The van der Waals surface area contributed by atoms with Crippen molar-refractivity contribution in [2.24, 2.45) is 0 Å². The number of hydrogen-bond acceptors (Lipinski definition) is 4. The van der Waals surface area contributed by atoms with Gasteiger partial charge in [-0.05, 0) is 26.0 Å². The van der Waals surface area contributed by atoms with Crippen LogP contribution in [0.1, 0.15) is 13.8 Å². The maximum atomic E-state index is 9.61. The normalized spacial score (nSPS) is 13.1. The average molecular weight is 262 g/mol. The molecule has 1 aromatic rings. The molecule has 1 heterocycles. The second-order valence-corrected chi connectivity index (χ2v) is 5.14. The molecule has 1 atom stereocenters. The van der Waals surface area contributed by atoms with E-state index in [0.29, 0.717) is 17.4 Å². The number of pyridine rings is 1. The number of aromatic nitrogens is 1. The fraction of sp³-hybridized carbons (Fsp3) is 0.545. The van der Waals surface area contributed by atoms with Gasteiger partial charge >= 0.3 is 0 Å². The van der Waals surface area contributed by atoms with Crippen LogP contribution in [0.3, 0.4) is 0 Å². The van der Waals surface area contributed by atoms with Crippen LogP contribution in [0.25, 0.3) is 0 Å². The molecule has 0 aliphatic heterocycles. The number of aliphatic hydroxyl groups excluding tert-OH is 1. The number of rotatable bonds is 6. The number of nitrogens with zero attached hydrogens (tertiary/aromatic N) is 1. The quantitative estimate of drug-likeness (QED) is 0.800. The Bertz CT molecular complexity index is 305. The van der Waals surface area contributed by atoms with Gasteiger partial charge in [0.25, 0.3) is 0 Å². The summed E-state index contributed by atoms with van der Waals surface area (Å²) in [5.74, 6) is 0.571. The Morgan fingerprint density at radius 2 is 2.25 bits per heavy atom. The molecule has 0 fully saturated rings. The highest BCUT2D eigenvalue weighted by molar-refractivity contribution is 7.99. The van der Waals surface area contributed by atoms with Crippen LogP contribution >= 0.6 is 23.4 Å². The molecule has 0 radical (unpaired) electrons. The predicted molar refractivity (Wildman–Crippen MR) is 67.1 cm³/mol. The van der Waals surface area contributed by atoms with E-state index in [1.807, 2.05) is 19.9 Å². The second kappa shape index (κ2) is 7.12. The van der Waals surface area contributed by atoms with Gasteiger partial charge < -0.3 is 9.84 Å². The third kappa shape index (κ3) is 5.70. The Morgan fingerprint density at radius 1 is 1.50 bits per heavy atom. The molecular weight excluding hydrogens is 246 g/mol. The first-order valence-corrected chi connectivity index (χ1v) is 6.48. The number of thioether (sulfide) groups is 1. The van der Waals surface area contributed by atoms with E-state index in [-0.39, 0.29) is 6.10 Å². The van der Waals surface area contributed by atoms with E-state index >= 15 is 0 Å². The summed E-state index contributed by atoms with van der Waals surface area (Å²) in [7, 11) is 0. The first kappa shape index (κ1) is 13.8. The average Bonchev–Trinajstić information content (AvgIpc) is 2.25. The summed E-state index contributed by atoms with van der Waals surface area (Å²) in [6.45, 7) is 4.25. The zero-order chi connectivity index (χ0) is 12.0. The molecule has 0 spiro atoms. The van der Waals surface area contributed by atoms with Crippen LogP contribution in [0.15, 0.2) is 23.4 Å². The third-order valence-electron chi connectivity index (χ3n) is 1.75. The number of halogens is 1. The van der Waals surface area contributed by atoms with Gasteiger partial charge in [0, 0.05) is 11.9 Å². The lowest BCUT2D eigenvalue weighted by Gasteiger charge is -2.12. The summed E-state index contributed by atoms with van der Waals surface area (Å²) in [4.78, 5) is 4.12. The third-order valence-corrected chi connectivity index (χ3v) is 3.06. The van der Waals surface area contributed by atoms with Crippen LogP contribution in [0.5, 0.6) is 0 Å². The molecule has 0 saturated heterocycles. The van der Waals surface area contributed by atoms with Gasteiger partial charge in [-0.2, -0.15) is 0 Å². The molecule has 0 amide bonds. The second-order valence-electron chi connectivity index (χ2n) is 3.66. The lowest BCUT2D eigenvalue weighted by molar-refractivity contribution is 0.0152. The van der Waals surface area contributed by atoms with E-state index in [1.54, 1.807) is 12.3 Å². The molecule has 0 aromatic carbocycles. The van der Waals surface area contributed by atoms with Crippen molar-refractivity contribution in [3.8, 4) is 0 Å². The molecule has 16 heavy (non-hydrogen) atoms. The molecule has 0 bridgehead atoms. The molecule has 0 saturated carbocycles. The lowest BCUT2D eigenvalue weighted by Crippen LogP contribution is -2.20. The maximum absolute atomic E-state index is 9.61. The zero-order valence-electron chi connectivity index (χ0n) is 9.39. The Morgan fingerprint density at radius 3 is 2.81 bits per heavy atom.